The van der Waals surface area contributed by atoms with Crippen LogP contribution in [0.5, 0.6) is 0 Å². The van der Waals surface area contributed by atoms with Crippen molar-refractivity contribution in [3.63, 3.8) is 0 Å². The van der Waals surface area contributed by atoms with E-state index in [1.54, 1.807) is 12.1 Å². The van der Waals surface area contributed by atoms with Gasteiger partial charge in [0.05, 0.1) is 6.04 Å². The van der Waals surface area contributed by atoms with E-state index in [0.717, 1.165) is 5.69 Å². The lowest BCUT2D eigenvalue weighted by Crippen LogP contribution is -2.26. The Kier molecular flexibility index (Phi) is 3.05. The first-order valence-corrected chi connectivity index (χ1v) is 5.26. The van der Waals surface area contributed by atoms with Crippen LogP contribution in [0.4, 0.5) is 0 Å². The number of hydrogen-bond donors (Lipinski definition) is 2. The van der Waals surface area contributed by atoms with Crippen LogP contribution in [0.3, 0.4) is 0 Å². The summed E-state index contributed by atoms with van der Waals surface area (Å²) in [7, 11) is 0. The molecule has 3 heteroatoms. The topological polar surface area (TPSA) is 44.9 Å². The monoisotopic (exact) mass is 214 g/mol. The van der Waals surface area contributed by atoms with E-state index in [9.17, 15) is 4.79 Å². The van der Waals surface area contributed by atoms with Crippen LogP contribution in [0, 0.1) is 0 Å². The molecule has 1 unspecified atom stereocenters. The zero-order valence-corrected chi connectivity index (χ0v) is 9.10. The minimum Gasteiger partial charge on any atom is -0.363 e. The van der Waals surface area contributed by atoms with E-state index in [4.69, 9.17) is 0 Å². The van der Waals surface area contributed by atoms with E-state index in [1.165, 1.54) is 0 Å². The molecule has 1 amide bonds. The van der Waals surface area contributed by atoms with Crippen molar-refractivity contribution in [2.45, 2.75) is 13.0 Å². The second kappa shape index (κ2) is 4.66. The average molecular weight is 214 g/mol. The highest BCUT2D eigenvalue weighted by atomic mass is 16.1. The summed E-state index contributed by atoms with van der Waals surface area (Å²) in [5, 5.41) is 2.93. The molecule has 0 aliphatic carbocycles. The van der Waals surface area contributed by atoms with Gasteiger partial charge in [-0.3, -0.25) is 4.79 Å². The fourth-order valence-electron chi connectivity index (χ4n) is 1.56. The normalized spacial score (nSPS) is 12.1. The van der Waals surface area contributed by atoms with Crippen molar-refractivity contribution < 1.29 is 4.79 Å². The fourth-order valence-corrected chi connectivity index (χ4v) is 1.56. The molecule has 0 fully saturated rings. The molecule has 0 saturated heterocycles. The number of hydrogen-bond acceptors (Lipinski definition) is 1. The first-order chi connectivity index (χ1) is 7.77. The van der Waals surface area contributed by atoms with Crippen molar-refractivity contribution in [3.8, 4) is 0 Å². The Hall–Kier alpha value is -2.03. The number of nitrogens with one attached hydrogen (secondary N) is 2. The maximum absolute atomic E-state index is 11.8. The van der Waals surface area contributed by atoms with Gasteiger partial charge in [-0.05, 0) is 31.2 Å². The van der Waals surface area contributed by atoms with Gasteiger partial charge in [0, 0.05) is 17.5 Å². The number of benzene rings is 1. The molecule has 0 aliphatic heterocycles. The van der Waals surface area contributed by atoms with Crippen molar-refractivity contribution in [1.82, 2.24) is 10.3 Å². The smallest absolute Gasteiger partial charge is 0.251 e. The summed E-state index contributed by atoms with van der Waals surface area (Å²) in [5.74, 6) is -0.0531. The van der Waals surface area contributed by atoms with Crippen LogP contribution in [0.25, 0.3) is 0 Å². The molecule has 1 atom stereocenters. The number of carbonyl (C=O) groups is 1. The molecule has 1 aromatic carbocycles. The summed E-state index contributed by atoms with van der Waals surface area (Å²) in [6.07, 6.45) is 1.85. The van der Waals surface area contributed by atoms with Crippen LogP contribution in [-0.2, 0) is 0 Å². The third kappa shape index (κ3) is 2.31. The number of rotatable bonds is 3. The molecule has 0 saturated carbocycles. The average Bonchev–Trinajstić information content (AvgIpc) is 2.83. The summed E-state index contributed by atoms with van der Waals surface area (Å²) >= 11 is 0. The second-order valence-electron chi connectivity index (χ2n) is 3.69. The summed E-state index contributed by atoms with van der Waals surface area (Å²) in [5.41, 5.74) is 1.69. The molecule has 16 heavy (non-hydrogen) atoms. The van der Waals surface area contributed by atoms with Crippen LogP contribution in [-0.4, -0.2) is 10.9 Å². The summed E-state index contributed by atoms with van der Waals surface area (Å²) in [6, 6.07) is 13.1. The number of aromatic nitrogens is 1. The lowest BCUT2D eigenvalue weighted by molar-refractivity contribution is 0.0939. The summed E-state index contributed by atoms with van der Waals surface area (Å²) in [4.78, 5) is 14.9. The van der Waals surface area contributed by atoms with E-state index >= 15 is 0 Å². The van der Waals surface area contributed by atoms with Gasteiger partial charge in [-0.15, -0.1) is 0 Å². The van der Waals surface area contributed by atoms with Crippen LogP contribution in [0.1, 0.15) is 29.0 Å². The summed E-state index contributed by atoms with van der Waals surface area (Å²) in [6.45, 7) is 1.95. The van der Waals surface area contributed by atoms with Gasteiger partial charge < -0.3 is 10.3 Å². The van der Waals surface area contributed by atoms with E-state index in [1.807, 2.05) is 43.5 Å². The largest absolute Gasteiger partial charge is 0.363 e. The van der Waals surface area contributed by atoms with Crippen molar-refractivity contribution in [2.24, 2.45) is 0 Å². The molecular formula is C13H14N2O. The molecule has 0 bridgehead atoms. The molecular weight excluding hydrogens is 200 g/mol. The van der Waals surface area contributed by atoms with E-state index in [2.05, 4.69) is 10.3 Å². The van der Waals surface area contributed by atoms with Crippen LogP contribution < -0.4 is 5.32 Å². The predicted molar refractivity (Wildman–Crippen MR) is 63.1 cm³/mol. The van der Waals surface area contributed by atoms with Crippen molar-refractivity contribution in [3.05, 3.63) is 59.9 Å². The quantitative estimate of drug-likeness (QED) is 0.810. The predicted octanol–water partition coefficient (Wildman–Crippen LogP) is 2.51. The number of H-pyrrole nitrogens is 1. The van der Waals surface area contributed by atoms with Gasteiger partial charge >= 0.3 is 0 Å². The molecule has 0 radical (unpaired) electrons. The lowest BCUT2D eigenvalue weighted by Gasteiger charge is -2.12. The minimum atomic E-state index is -0.0531. The van der Waals surface area contributed by atoms with Gasteiger partial charge in [0.2, 0.25) is 0 Å². The Morgan fingerprint density at radius 3 is 2.56 bits per heavy atom. The van der Waals surface area contributed by atoms with Gasteiger partial charge in [0.15, 0.2) is 0 Å². The highest BCUT2D eigenvalue weighted by Crippen LogP contribution is 2.10. The van der Waals surface area contributed by atoms with Gasteiger partial charge in [-0.1, -0.05) is 18.2 Å². The molecule has 2 aromatic rings. The number of carbonyl (C=O) groups excluding carboxylic acids is 1. The second-order valence-corrected chi connectivity index (χ2v) is 3.69. The molecule has 1 aromatic heterocycles. The molecule has 1 heterocycles. The first kappa shape index (κ1) is 10.5. The van der Waals surface area contributed by atoms with Crippen LogP contribution in [0.15, 0.2) is 48.7 Å². The van der Waals surface area contributed by atoms with Crippen LogP contribution in [0.2, 0.25) is 0 Å². The van der Waals surface area contributed by atoms with Gasteiger partial charge in [0.1, 0.15) is 0 Å². The van der Waals surface area contributed by atoms with E-state index in [0.29, 0.717) is 5.56 Å². The van der Waals surface area contributed by atoms with E-state index in [-0.39, 0.29) is 11.9 Å². The van der Waals surface area contributed by atoms with Gasteiger partial charge in [0.25, 0.3) is 5.91 Å². The third-order valence-corrected chi connectivity index (χ3v) is 2.47. The molecule has 3 nitrogen and oxygen atoms in total. The Balaban J connectivity index is 2.03. The van der Waals surface area contributed by atoms with Crippen molar-refractivity contribution >= 4 is 5.91 Å². The fraction of sp³-hybridized carbons (Fsp3) is 0.154. The Morgan fingerprint density at radius 1 is 1.19 bits per heavy atom. The number of amides is 1. The first-order valence-electron chi connectivity index (χ1n) is 5.26. The standard InChI is InChI=1S/C13H14N2O/c1-10(12-8-5-9-14-12)15-13(16)11-6-3-2-4-7-11/h2-10,14H,1H3,(H,15,16). The minimum absolute atomic E-state index is 0.0114. The van der Waals surface area contributed by atoms with Crippen LogP contribution >= 0.6 is 0 Å². The highest BCUT2D eigenvalue weighted by molar-refractivity contribution is 5.94. The molecule has 2 rings (SSSR count). The zero-order valence-electron chi connectivity index (χ0n) is 9.10. The van der Waals surface area contributed by atoms with E-state index < -0.39 is 0 Å². The molecule has 0 spiro atoms. The number of aromatic amines is 1. The third-order valence-electron chi connectivity index (χ3n) is 2.47. The molecule has 82 valence electrons. The SMILES string of the molecule is CC(NC(=O)c1ccccc1)c1ccc[nH]1. The maximum atomic E-state index is 11.8. The Morgan fingerprint density at radius 2 is 1.94 bits per heavy atom. The Labute approximate surface area is 94.5 Å². The Bertz CT molecular complexity index is 448. The van der Waals surface area contributed by atoms with Gasteiger partial charge in [-0.25, -0.2) is 0 Å². The highest BCUT2D eigenvalue weighted by Gasteiger charge is 2.10. The molecule has 0 aliphatic rings. The summed E-state index contributed by atoms with van der Waals surface area (Å²) < 4.78 is 0. The zero-order chi connectivity index (χ0) is 11.4. The van der Waals surface area contributed by atoms with Gasteiger partial charge in [-0.2, -0.15) is 0 Å². The molecule has 2 N–H and O–H groups in total. The van der Waals surface area contributed by atoms with Crippen molar-refractivity contribution in [2.75, 3.05) is 0 Å². The maximum Gasteiger partial charge on any atom is 0.251 e. The lowest BCUT2D eigenvalue weighted by atomic mass is 10.2. The van der Waals surface area contributed by atoms with Crippen molar-refractivity contribution in [1.29, 1.82) is 0 Å².